The molecular weight excluding hydrogens is 189 g/mol. The van der Waals surface area contributed by atoms with E-state index in [4.69, 9.17) is 0 Å². The number of nitrogens with one attached hydrogen (secondary N) is 1. The van der Waals surface area contributed by atoms with Gasteiger partial charge in [0, 0.05) is 18.7 Å². The average molecular weight is 200 g/mol. The van der Waals surface area contributed by atoms with Crippen molar-refractivity contribution in [1.29, 1.82) is 0 Å². The third-order valence-corrected chi connectivity index (χ3v) is 1.96. The van der Waals surface area contributed by atoms with E-state index in [1.54, 1.807) is 12.1 Å². The van der Waals surface area contributed by atoms with Gasteiger partial charge in [-0.15, -0.1) is 12.4 Å². The van der Waals surface area contributed by atoms with Gasteiger partial charge in [-0.2, -0.15) is 0 Å². The van der Waals surface area contributed by atoms with Crippen LogP contribution in [0.25, 0.3) is 6.08 Å². The second-order valence-electron chi connectivity index (χ2n) is 2.90. The van der Waals surface area contributed by atoms with Crippen molar-refractivity contribution in [2.24, 2.45) is 0 Å². The third kappa shape index (κ3) is 2.46. The summed E-state index contributed by atoms with van der Waals surface area (Å²) in [5.74, 6) is -0.182. The average Bonchev–Trinajstić information content (AvgIpc) is 2.00. The topological polar surface area (TPSA) is 12.0 Å². The van der Waals surface area contributed by atoms with Crippen molar-refractivity contribution in [2.75, 3.05) is 6.54 Å². The number of benzene rings is 1. The van der Waals surface area contributed by atoms with Crippen LogP contribution < -0.4 is 5.32 Å². The van der Waals surface area contributed by atoms with Crippen molar-refractivity contribution in [1.82, 2.24) is 5.32 Å². The first-order valence-electron chi connectivity index (χ1n) is 4.04. The van der Waals surface area contributed by atoms with E-state index in [1.165, 1.54) is 17.8 Å². The maximum atomic E-state index is 12.5. The zero-order chi connectivity index (χ0) is 8.39. The smallest absolute Gasteiger partial charge is 0.123 e. The Balaban J connectivity index is 0.000000845. The molecule has 0 saturated carbocycles. The monoisotopic (exact) mass is 199 g/mol. The molecule has 0 radical (unpaired) electrons. The van der Waals surface area contributed by atoms with Gasteiger partial charge in [0.1, 0.15) is 5.82 Å². The Hall–Kier alpha value is -1.02. The molecule has 0 aliphatic carbocycles. The van der Waals surface area contributed by atoms with Gasteiger partial charge < -0.3 is 5.32 Å². The van der Waals surface area contributed by atoms with Crippen molar-refractivity contribution in [3.8, 4) is 0 Å². The largest absolute Gasteiger partial charge is 0.388 e. The maximum absolute atomic E-state index is 12.5. The number of hydrogen-bond donors (Lipinski definition) is 1. The second kappa shape index (κ2) is 4.28. The Morgan fingerprint density at radius 3 is 2.31 bits per heavy atom. The lowest BCUT2D eigenvalue weighted by molar-refractivity contribution is 0.627. The lowest BCUT2D eigenvalue weighted by Gasteiger charge is -2.19. The van der Waals surface area contributed by atoms with Gasteiger partial charge in [-0.1, -0.05) is 12.1 Å². The van der Waals surface area contributed by atoms with Gasteiger partial charge in [0.05, 0.1) is 0 Å². The first-order valence-corrected chi connectivity index (χ1v) is 4.04. The quantitative estimate of drug-likeness (QED) is 0.733. The molecule has 0 bridgehead atoms. The lowest BCUT2D eigenvalue weighted by Crippen LogP contribution is -2.27. The lowest BCUT2D eigenvalue weighted by atomic mass is 10.1. The molecule has 0 amide bonds. The highest BCUT2D eigenvalue weighted by Gasteiger charge is 2.05. The van der Waals surface area contributed by atoms with E-state index in [0.717, 1.165) is 18.5 Å². The number of rotatable bonds is 1. The normalized spacial score (nSPS) is 17.2. The van der Waals surface area contributed by atoms with E-state index in [2.05, 4.69) is 5.32 Å². The molecule has 1 heterocycles. The second-order valence-corrected chi connectivity index (χ2v) is 2.90. The fourth-order valence-electron chi connectivity index (χ4n) is 1.15. The van der Waals surface area contributed by atoms with Crippen molar-refractivity contribution in [2.45, 2.75) is 6.42 Å². The molecule has 1 nitrogen and oxygen atoms in total. The first kappa shape index (κ1) is 10.1. The number of hydrogen-bond acceptors (Lipinski definition) is 1. The van der Waals surface area contributed by atoms with E-state index in [-0.39, 0.29) is 18.2 Å². The van der Waals surface area contributed by atoms with Crippen LogP contribution in [0.1, 0.15) is 12.0 Å². The first-order chi connectivity index (χ1) is 5.84. The Bertz CT molecular complexity index is 299. The Labute approximate surface area is 83.1 Å². The molecule has 0 atom stereocenters. The van der Waals surface area contributed by atoms with E-state index in [0.29, 0.717) is 0 Å². The summed E-state index contributed by atoms with van der Waals surface area (Å²) in [6.45, 7) is 1.06. The zero-order valence-corrected chi connectivity index (χ0v) is 7.90. The van der Waals surface area contributed by atoms with Crippen molar-refractivity contribution >= 4 is 18.5 Å². The molecule has 2 rings (SSSR count). The van der Waals surface area contributed by atoms with Crippen LogP contribution in [-0.4, -0.2) is 6.54 Å². The van der Waals surface area contributed by atoms with Crippen molar-refractivity contribution in [3.05, 3.63) is 41.3 Å². The summed E-state index contributed by atoms with van der Waals surface area (Å²) in [6.07, 6.45) is 3.15. The van der Waals surface area contributed by atoms with Crippen LogP contribution in [0.15, 0.2) is 30.0 Å². The Morgan fingerprint density at radius 2 is 1.85 bits per heavy atom. The summed E-state index contributed by atoms with van der Waals surface area (Å²) in [4.78, 5) is 0. The van der Waals surface area contributed by atoms with Crippen LogP contribution in [-0.2, 0) is 0 Å². The SMILES string of the molecule is Cl.Fc1ccc(C=C2CCN2)cc1. The van der Waals surface area contributed by atoms with E-state index < -0.39 is 0 Å². The standard InChI is InChI=1S/C10H10FN.ClH/c11-9-3-1-8(2-4-9)7-10-5-6-12-10;/h1-4,7,12H,5-6H2;1H. The minimum Gasteiger partial charge on any atom is -0.388 e. The Morgan fingerprint density at radius 1 is 1.23 bits per heavy atom. The predicted octanol–water partition coefficient (Wildman–Crippen LogP) is 2.58. The molecular formula is C10H11ClFN. The van der Waals surface area contributed by atoms with E-state index >= 15 is 0 Å². The van der Waals surface area contributed by atoms with Gasteiger partial charge in [-0.05, 0) is 23.8 Å². The molecule has 1 saturated heterocycles. The van der Waals surface area contributed by atoms with Gasteiger partial charge in [0.15, 0.2) is 0 Å². The molecule has 1 N–H and O–H groups in total. The minimum absolute atomic E-state index is 0. The molecule has 1 aromatic rings. The molecule has 1 aliphatic rings. The fraction of sp³-hybridized carbons (Fsp3) is 0.200. The molecule has 3 heteroatoms. The van der Waals surface area contributed by atoms with Crippen molar-refractivity contribution in [3.63, 3.8) is 0 Å². The molecule has 1 aliphatic heterocycles. The van der Waals surface area contributed by atoms with Crippen LogP contribution in [0.3, 0.4) is 0 Å². The van der Waals surface area contributed by atoms with Gasteiger partial charge in [-0.3, -0.25) is 0 Å². The van der Waals surface area contributed by atoms with Gasteiger partial charge in [0.2, 0.25) is 0 Å². The van der Waals surface area contributed by atoms with Crippen LogP contribution in [0, 0.1) is 5.82 Å². The van der Waals surface area contributed by atoms with Gasteiger partial charge in [0.25, 0.3) is 0 Å². The highest BCUT2D eigenvalue weighted by Crippen LogP contribution is 2.12. The highest BCUT2D eigenvalue weighted by molar-refractivity contribution is 5.85. The molecule has 70 valence electrons. The molecule has 0 unspecified atom stereocenters. The van der Waals surface area contributed by atoms with Gasteiger partial charge in [-0.25, -0.2) is 4.39 Å². The fourth-order valence-corrected chi connectivity index (χ4v) is 1.15. The summed E-state index contributed by atoms with van der Waals surface area (Å²) in [5.41, 5.74) is 2.29. The number of halogens is 2. The van der Waals surface area contributed by atoms with Crippen LogP contribution in [0.2, 0.25) is 0 Å². The summed E-state index contributed by atoms with van der Waals surface area (Å²) in [6, 6.07) is 6.51. The summed E-state index contributed by atoms with van der Waals surface area (Å²) in [7, 11) is 0. The summed E-state index contributed by atoms with van der Waals surface area (Å²) >= 11 is 0. The molecule has 1 aromatic carbocycles. The minimum atomic E-state index is -0.182. The molecule has 0 aromatic heterocycles. The van der Waals surface area contributed by atoms with Crippen LogP contribution in [0.5, 0.6) is 0 Å². The van der Waals surface area contributed by atoms with Crippen LogP contribution in [0.4, 0.5) is 4.39 Å². The van der Waals surface area contributed by atoms with E-state index in [1.807, 2.05) is 6.08 Å². The zero-order valence-electron chi connectivity index (χ0n) is 7.09. The van der Waals surface area contributed by atoms with Crippen molar-refractivity contribution < 1.29 is 4.39 Å². The van der Waals surface area contributed by atoms with Gasteiger partial charge >= 0.3 is 0 Å². The molecule has 1 fully saturated rings. The Kier molecular flexibility index (Phi) is 3.32. The summed E-state index contributed by atoms with van der Waals surface area (Å²) < 4.78 is 12.5. The third-order valence-electron chi connectivity index (χ3n) is 1.96. The van der Waals surface area contributed by atoms with E-state index in [9.17, 15) is 4.39 Å². The predicted molar refractivity (Wildman–Crippen MR) is 54.2 cm³/mol. The molecule has 13 heavy (non-hydrogen) atoms. The molecule has 0 spiro atoms. The van der Waals surface area contributed by atoms with Crippen LogP contribution >= 0.6 is 12.4 Å². The highest BCUT2D eigenvalue weighted by atomic mass is 35.5. The maximum Gasteiger partial charge on any atom is 0.123 e. The summed E-state index contributed by atoms with van der Waals surface area (Å²) in [5, 5.41) is 3.18.